The summed E-state index contributed by atoms with van der Waals surface area (Å²) < 4.78 is 26.8. The maximum atomic E-state index is 12.9. The summed E-state index contributed by atoms with van der Waals surface area (Å²) in [6.45, 7) is 9.54. The van der Waals surface area contributed by atoms with Gasteiger partial charge in [-0.3, -0.25) is 0 Å². The molecule has 1 aliphatic heterocycles. The third-order valence-corrected chi connectivity index (χ3v) is 8.40. The molecule has 0 amide bonds. The first-order valence-electron chi connectivity index (χ1n) is 11.2. The van der Waals surface area contributed by atoms with Gasteiger partial charge in [0.25, 0.3) is 5.88 Å². The second-order valence-electron chi connectivity index (χ2n) is 9.04. The fourth-order valence-electron chi connectivity index (χ4n) is 3.36. The Morgan fingerprint density at radius 3 is 2.63 bits per heavy atom. The molecule has 1 fully saturated rings. The van der Waals surface area contributed by atoms with Gasteiger partial charge in [-0.2, -0.15) is 4.37 Å². The average Bonchev–Trinajstić information content (AvgIpc) is 3.49. The predicted molar refractivity (Wildman–Crippen MR) is 144 cm³/mol. The number of nitrogens with zero attached hydrogens (tertiary/aromatic N) is 3. The van der Waals surface area contributed by atoms with Crippen LogP contribution in [0.25, 0.3) is 11.1 Å². The Hall–Kier alpha value is -1.96. The SMILES string of the molecule is CC(C)(C)NC[C@@H](COc1nsnc1N1CCOCC1)OC(=O)c1ccc(-c2cssc2=S)cc1. The van der Waals surface area contributed by atoms with Crippen LogP contribution in [-0.4, -0.2) is 65.8 Å². The number of hydrogen-bond acceptors (Lipinski definition) is 12. The summed E-state index contributed by atoms with van der Waals surface area (Å²) in [5, 5.41) is 5.43. The molecule has 2 aromatic heterocycles. The first-order chi connectivity index (χ1) is 16.8. The molecular formula is C23H28N4O4S4. The van der Waals surface area contributed by atoms with Crippen molar-refractivity contribution in [1.82, 2.24) is 14.1 Å². The van der Waals surface area contributed by atoms with Crippen molar-refractivity contribution in [3.05, 3.63) is 39.0 Å². The van der Waals surface area contributed by atoms with E-state index in [-0.39, 0.29) is 12.1 Å². The van der Waals surface area contributed by atoms with Gasteiger partial charge in [0.05, 0.1) is 30.5 Å². The van der Waals surface area contributed by atoms with E-state index in [0.717, 1.165) is 39.8 Å². The Morgan fingerprint density at radius 1 is 1.23 bits per heavy atom. The van der Waals surface area contributed by atoms with Crippen molar-refractivity contribution in [2.45, 2.75) is 32.4 Å². The molecule has 188 valence electrons. The lowest BCUT2D eigenvalue weighted by molar-refractivity contribution is 0.0157. The lowest BCUT2D eigenvalue weighted by atomic mass is 10.1. The summed E-state index contributed by atoms with van der Waals surface area (Å²) in [7, 11) is 3.17. The van der Waals surface area contributed by atoms with E-state index in [1.165, 1.54) is 0 Å². The Balaban J connectivity index is 1.42. The van der Waals surface area contributed by atoms with E-state index in [9.17, 15) is 4.79 Å². The number of esters is 1. The van der Waals surface area contributed by atoms with Crippen molar-refractivity contribution < 1.29 is 19.0 Å². The highest BCUT2D eigenvalue weighted by molar-refractivity contribution is 7.79. The zero-order valence-corrected chi connectivity index (χ0v) is 23.1. The third kappa shape index (κ3) is 7.28. The quantitative estimate of drug-likeness (QED) is 0.227. The smallest absolute Gasteiger partial charge is 0.338 e. The van der Waals surface area contributed by atoms with Crippen molar-refractivity contribution in [2.24, 2.45) is 0 Å². The highest BCUT2D eigenvalue weighted by atomic mass is 32.9. The topological polar surface area (TPSA) is 85.8 Å². The van der Waals surface area contributed by atoms with Crippen molar-refractivity contribution in [1.29, 1.82) is 0 Å². The molecule has 1 saturated heterocycles. The number of ether oxygens (including phenoxy) is 3. The third-order valence-electron chi connectivity index (χ3n) is 5.23. The zero-order chi connectivity index (χ0) is 24.8. The van der Waals surface area contributed by atoms with Gasteiger partial charge in [-0.05, 0) is 38.5 Å². The first-order valence-corrected chi connectivity index (χ1v) is 14.6. The van der Waals surface area contributed by atoms with Gasteiger partial charge in [-0.1, -0.05) is 45.0 Å². The van der Waals surface area contributed by atoms with Gasteiger partial charge in [0.15, 0.2) is 0 Å². The Kier molecular flexibility index (Phi) is 8.84. The van der Waals surface area contributed by atoms with Crippen LogP contribution >= 0.6 is 44.6 Å². The second kappa shape index (κ2) is 11.8. The van der Waals surface area contributed by atoms with Gasteiger partial charge in [-0.25, -0.2) is 4.79 Å². The van der Waals surface area contributed by atoms with Gasteiger partial charge in [0, 0.05) is 36.1 Å². The molecule has 1 aromatic carbocycles. The van der Waals surface area contributed by atoms with Gasteiger partial charge in [0.2, 0.25) is 5.82 Å². The number of hydrogen-bond donors (Lipinski definition) is 1. The fourth-order valence-corrected chi connectivity index (χ4v) is 6.28. The van der Waals surface area contributed by atoms with Gasteiger partial charge in [-0.15, -0.1) is 4.37 Å². The van der Waals surface area contributed by atoms with Crippen LogP contribution in [-0.2, 0) is 9.47 Å². The molecule has 35 heavy (non-hydrogen) atoms. The lowest BCUT2D eigenvalue weighted by Crippen LogP contribution is -2.44. The molecule has 0 aliphatic carbocycles. The molecule has 3 heterocycles. The molecule has 1 atom stereocenters. The van der Waals surface area contributed by atoms with E-state index in [0.29, 0.717) is 37.0 Å². The molecule has 0 unspecified atom stereocenters. The van der Waals surface area contributed by atoms with Crippen LogP contribution in [0.1, 0.15) is 31.1 Å². The molecule has 1 N–H and O–H groups in total. The standard InChI is InChI=1S/C23H28N4O4S4/c1-23(2,3)24-12-17(13-30-20-19(25-35-26-20)27-8-10-29-11-9-27)31-21(28)16-6-4-15(5-7-16)18-14-33-34-22(18)32/h4-7,14,17,24H,8-13H2,1-3H3/t17-/m0/s1. The minimum atomic E-state index is -0.515. The molecule has 0 spiro atoms. The van der Waals surface area contributed by atoms with Crippen molar-refractivity contribution in [3.8, 4) is 17.0 Å². The van der Waals surface area contributed by atoms with E-state index >= 15 is 0 Å². The normalized spacial score (nSPS) is 15.1. The largest absolute Gasteiger partial charge is 0.470 e. The monoisotopic (exact) mass is 552 g/mol. The predicted octanol–water partition coefficient (Wildman–Crippen LogP) is 4.89. The van der Waals surface area contributed by atoms with Crippen LogP contribution in [0.3, 0.4) is 0 Å². The maximum absolute atomic E-state index is 12.9. The minimum Gasteiger partial charge on any atom is -0.470 e. The van der Waals surface area contributed by atoms with Crippen LogP contribution in [0.4, 0.5) is 5.82 Å². The molecule has 0 saturated carbocycles. The van der Waals surface area contributed by atoms with Crippen LogP contribution in [0.15, 0.2) is 29.6 Å². The van der Waals surface area contributed by atoms with Crippen LogP contribution < -0.4 is 15.0 Å². The Morgan fingerprint density at radius 2 is 1.97 bits per heavy atom. The summed E-state index contributed by atoms with van der Waals surface area (Å²) in [4.78, 5) is 15.0. The summed E-state index contributed by atoms with van der Waals surface area (Å²) in [6.07, 6.45) is -0.515. The second-order valence-corrected chi connectivity index (χ2v) is 12.3. The summed E-state index contributed by atoms with van der Waals surface area (Å²) in [5.74, 6) is 0.755. The number of benzene rings is 1. The molecule has 0 bridgehead atoms. The zero-order valence-electron chi connectivity index (χ0n) is 19.8. The molecule has 1 aliphatic rings. The van der Waals surface area contributed by atoms with E-state index in [1.54, 1.807) is 32.8 Å². The fraction of sp³-hybridized carbons (Fsp3) is 0.478. The van der Waals surface area contributed by atoms with Gasteiger partial charge >= 0.3 is 5.97 Å². The maximum Gasteiger partial charge on any atom is 0.338 e. The van der Waals surface area contributed by atoms with Gasteiger partial charge < -0.3 is 24.4 Å². The number of anilines is 1. The number of rotatable bonds is 9. The average molecular weight is 553 g/mol. The van der Waals surface area contributed by atoms with E-state index < -0.39 is 12.1 Å². The highest BCUT2D eigenvalue weighted by Crippen LogP contribution is 2.29. The van der Waals surface area contributed by atoms with Crippen molar-refractivity contribution in [3.63, 3.8) is 0 Å². The highest BCUT2D eigenvalue weighted by Gasteiger charge is 2.24. The van der Waals surface area contributed by atoms with Crippen LogP contribution in [0.2, 0.25) is 0 Å². The van der Waals surface area contributed by atoms with Gasteiger partial charge in [0.1, 0.15) is 16.5 Å². The number of nitrogens with one attached hydrogen (secondary N) is 1. The number of carbonyl (C=O) groups excluding carboxylic acids is 1. The van der Waals surface area contributed by atoms with Crippen molar-refractivity contribution >= 4 is 56.4 Å². The molecular weight excluding hydrogens is 525 g/mol. The first kappa shape index (κ1) is 26.1. The van der Waals surface area contributed by atoms with Crippen LogP contribution in [0, 0.1) is 3.82 Å². The summed E-state index contributed by atoms with van der Waals surface area (Å²) >= 11 is 6.48. The van der Waals surface area contributed by atoms with E-state index in [2.05, 4.69) is 39.7 Å². The molecule has 0 radical (unpaired) electrons. The Labute approximate surface area is 221 Å². The van der Waals surface area contributed by atoms with E-state index in [1.807, 2.05) is 17.5 Å². The lowest BCUT2D eigenvalue weighted by Gasteiger charge is -2.27. The Bertz CT molecular complexity index is 1160. The minimum absolute atomic E-state index is 0.142. The molecule has 12 heteroatoms. The number of aromatic nitrogens is 2. The van der Waals surface area contributed by atoms with Crippen molar-refractivity contribution in [2.75, 3.05) is 44.4 Å². The molecule has 8 nitrogen and oxygen atoms in total. The van der Waals surface area contributed by atoms with E-state index in [4.69, 9.17) is 26.4 Å². The number of morpholine rings is 1. The molecule has 4 rings (SSSR count). The number of carbonyl (C=O) groups is 1. The molecule has 3 aromatic rings. The van der Waals surface area contributed by atoms with Crippen LogP contribution in [0.5, 0.6) is 5.88 Å². The summed E-state index contributed by atoms with van der Waals surface area (Å²) in [5.41, 5.74) is 2.34. The summed E-state index contributed by atoms with van der Waals surface area (Å²) in [6, 6.07) is 7.33.